The molecule has 2 aromatic carbocycles. The summed E-state index contributed by atoms with van der Waals surface area (Å²) >= 11 is 0. The van der Waals surface area contributed by atoms with Crippen LogP contribution in [0.1, 0.15) is 22.0 Å². The lowest BCUT2D eigenvalue weighted by Crippen LogP contribution is -2.29. The number of hydrogen-bond donors (Lipinski definition) is 3. The highest BCUT2D eigenvalue weighted by Gasteiger charge is 2.18. The van der Waals surface area contributed by atoms with E-state index in [1.165, 1.54) is 7.05 Å². The van der Waals surface area contributed by atoms with Crippen molar-refractivity contribution in [2.45, 2.75) is 6.04 Å². The van der Waals surface area contributed by atoms with Crippen LogP contribution in [0, 0.1) is 0 Å². The molecule has 2 aromatic rings. The molecule has 0 aliphatic rings. The number of hydrogen-bond acceptors (Lipinski definition) is 3. The third-order valence-corrected chi connectivity index (χ3v) is 3.10. The fraction of sp³-hybridized carbons (Fsp3) is 0.125. The number of benzene rings is 2. The van der Waals surface area contributed by atoms with Crippen molar-refractivity contribution in [2.24, 2.45) is 5.73 Å². The van der Waals surface area contributed by atoms with E-state index in [2.05, 4.69) is 10.6 Å². The highest BCUT2D eigenvalue weighted by Crippen LogP contribution is 2.17. The van der Waals surface area contributed by atoms with Crippen LogP contribution in [0.5, 0.6) is 0 Å². The van der Waals surface area contributed by atoms with Gasteiger partial charge in [0.1, 0.15) is 6.04 Å². The molecule has 0 fully saturated rings. The van der Waals surface area contributed by atoms with Gasteiger partial charge in [0.2, 0.25) is 5.91 Å². The van der Waals surface area contributed by atoms with Crippen LogP contribution in [-0.2, 0) is 4.79 Å². The van der Waals surface area contributed by atoms with Crippen LogP contribution in [0.3, 0.4) is 0 Å². The maximum absolute atomic E-state index is 12.2. The van der Waals surface area contributed by atoms with E-state index < -0.39 is 6.04 Å². The smallest absolute Gasteiger partial charge is 0.253 e. The Morgan fingerprint density at radius 3 is 2.29 bits per heavy atom. The van der Waals surface area contributed by atoms with Gasteiger partial charge in [-0.2, -0.15) is 0 Å². The molecule has 2 amide bonds. The Labute approximate surface area is 123 Å². The number of nitrogens with one attached hydrogen (secondary N) is 2. The topological polar surface area (TPSA) is 84.2 Å². The van der Waals surface area contributed by atoms with Crippen LogP contribution in [-0.4, -0.2) is 18.9 Å². The molecule has 0 saturated carbocycles. The molecule has 0 saturated heterocycles. The molecule has 4 N–H and O–H groups in total. The molecule has 2 rings (SSSR count). The largest absolute Gasteiger partial charge is 0.355 e. The highest BCUT2D eigenvalue weighted by atomic mass is 16.2. The Kier molecular flexibility index (Phi) is 4.68. The Hall–Kier alpha value is -2.66. The van der Waals surface area contributed by atoms with E-state index >= 15 is 0 Å². The Bertz CT molecular complexity index is 641. The van der Waals surface area contributed by atoms with E-state index in [-0.39, 0.29) is 11.8 Å². The Balaban J connectivity index is 2.19. The van der Waals surface area contributed by atoms with Crippen molar-refractivity contribution in [1.82, 2.24) is 5.32 Å². The first-order chi connectivity index (χ1) is 10.1. The second-order valence-electron chi connectivity index (χ2n) is 4.50. The molecule has 0 aromatic heterocycles. The van der Waals surface area contributed by atoms with Gasteiger partial charge >= 0.3 is 0 Å². The molecule has 0 radical (unpaired) electrons. The molecule has 108 valence electrons. The molecule has 1 atom stereocenters. The minimum atomic E-state index is -0.788. The zero-order chi connectivity index (χ0) is 15.2. The predicted octanol–water partition coefficient (Wildman–Crippen LogP) is 1.68. The first kappa shape index (κ1) is 14.7. The van der Waals surface area contributed by atoms with E-state index in [1.807, 2.05) is 18.2 Å². The first-order valence-electron chi connectivity index (χ1n) is 6.56. The van der Waals surface area contributed by atoms with Gasteiger partial charge < -0.3 is 16.4 Å². The van der Waals surface area contributed by atoms with Crippen LogP contribution in [0.15, 0.2) is 54.6 Å². The Morgan fingerprint density at radius 1 is 1.00 bits per heavy atom. The van der Waals surface area contributed by atoms with Crippen molar-refractivity contribution in [2.75, 3.05) is 12.4 Å². The molecule has 0 heterocycles. The molecular formula is C16H17N3O2. The summed E-state index contributed by atoms with van der Waals surface area (Å²) in [6, 6.07) is 15.1. The van der Waals surface area contributed by atoms with E-state index in [0.717, 1.165) is 0 Å². The monoisotopic (exact) mass is 283 g/mol. The van der Waals surface area contributed by atoms with Gasteiger partial charge in [0.25, 0.3) is 5.91 Å². The van der Waals surface area contributed by atoms with Crippen molar-refractivity contribution in [3.05, 3.63) is 65.7 Å². The zero-order valence-corrected chi connectivity index (χ0v) is 11.7. The van der Waals surface area contributed by atoms with E-state index in [9.17, 15) is 9.59 Å². The molecule has 5 heteroatoms. The molecule has 0 aliphatic carbocycles. The maximum atomic E-state index is 12.2. The Morgan fingerprint density at radius 2 is 1.62 bits per heavy atom. The average molecular weight is 283 g/mol. The third-order valence-electron chi connectivity index (χ3n) is 3.10. The number of carbonyl (C=O) groups is 2. The van der Waals surface area contributed by atoms with E-state index in [0.29, 0.717) is 16.8 Å². The first-order valence-corrected chi connectivity index (χ1v) is 6.56. The van der Waals surface area contributed by atoms with E-state index in [4.69, 9.17) is 5.73 Å². The van der Waals surface area contributed by atoms with Crippen molar-refractivity contribution in [1.29, 1.82) is 0 Å². The third kappa shape index (κ3) is 3.46. The molecule has 21 heavy (non-hydrogen) atoms. The van der Waals surface area contributed by atoms with Crippen molar-refractivity contribution >= 4 is 17.5 Å². The standard InChI is InChI=1S/C16H17N3O2/c1-18-15(20)12-9-5-6-10-13(12)19-16(21)14(17)11-7-3-2-4-8-11/h2-10,14H,17H2,1H3,(H,18,20)(H,19,21)/t14-/m1/s1. The lowest BCUT2D eigenvalue weighted by Gasteiger charge is -2.14. The summed E-state index contributed by atoms with van der Waals surface area (Å²) in [6.07, 6.45) is 0. The molecular weight excluding hydrogens is 266 g/mol. The highest BCUT2D eigenvalue weighted by molar-refractivity contribution is 6.04. The van der Waals surface area contributed by atoms with Crippen LogP contribution in [0.2, 0.25) is 0 Å². The van der Waals surface area contributed by atoms with Gasteiger partial charge in [0.15, 0.2) is 0 Å². The fourth-order valence-electron chi connectivity index (χ4n) is 1.95. The van der Waals surface area contributed by atoms with Crippen molar-refractivity contribution < 1.29 is 9.59 Å². The minimum absolute atomic E-state index is 0.265. The normalized spacial score (nSPS) is 11.5. The van der Waals surface area contributed by atoms with Crippen LogP contribution >= 0.6 is 0 Å². The average Bonchev–Trinajstić information content (AvgIpc) is 2.54. The predicted molar refractivity (Wildman–Crippen MR) is 81.8 cm³/mol. The molecule has 5 nitrogen and oxygen atoms in total. The van der Waals surface area contributed by atoms with Crippen LogP contribution in [0.4, 0.5) is 5.69 Å². The van der Waals surface area contributed by atoms with Gasteiger partial charge in [-0.3, -0.25) is 9.59 Å². The van der Waals surface area contributed by atoms with Crippen LogP contribution < -0.4 is 16.4 Å². The van der Waals surface area contributed by atoms with E-state index in [1.54, 1.807) is 36.4 Å². The zero-order valence-electron chi connectivity index (χ0n) is 11.7. The molecule has 0 aliphatic heterocycles. The molecule has 0 spiro atoms. The SMILES string of the molecule is CNC(=O)c1ccccc1NC(=O)[C@H](N)c1ccccc1. The molecule has 0 unspecified atom stereocenters. The second-order valence-corrected chi connectivity index (χ2v) is 4.50. The summed E-state index contributed by atoms with van der Waals surface area (Å²) in [5.74, 6) is -0.628. The fourth-order valence-corrected chi connectivity index (χ4v) is 1.95. The van der Waals surface area contributed by atoms with Gasteiger partial charge in [-0.25, -0.2) is 0 Å². The summed E-state index contributed by atoms with van der Waals surface area (Å²) in [5, 5.41) is 5.23. The summed E-state index contributed by atoms with van der Waals surface area (Å²) in [5.41, 5.74) is 7.48. The number of carbonyl (C=O) groups excluding carboxylic acids is 2. The van der Waals surface area contributed by atoms with Crippen molar-refractivity contribution in [3.8, 4) is 0 Å². The number of nitrogens with two attached hydrogens (primary N) is 1. The summed E-state index contributed by atoms with van der Waals surface area (Å²) in [6.45, 7) is 0. The lowest BCUT2D eigenvalue weighted by molar-refractivity contribution is -0.117. The van der Waals surface area contributed by atoms with Gasteiger partial charge in [-0.15, -0.1) is 0 Å². The van der Waals surface area contributed by atoms with Gasteiger partial charge in [-0.05, 0) is 17.7 Å². The maximum Gasteiger partial charge on any atom is 0.253 e. The lowest BCUT2D eigenvalue weighted by atomic mass is 10.1. The van der Waals surface area contributed by atoms with Gasteiger partial charge in [0, 0.05) is 7.05 Å². The molecule has 0 bridgehead atoms. The minimum Gasteiger partial charge on any atom is -0.355 e. The van der Waals surface area contributed by atoms with Gasteiger partial charge in [0.05, 0.1) is 11.3 Å². The number of rotatable bonds is 4. The number of anilines is 1. The van der Waals surface area contributed by atoms with Gasteiger partial charge in [-0.1, -0.05) is 42.5 Å². The number of amides is 2. The summed E-state index contributed by atoms with van der Waals surface area (Å²) in [7, 11) is 1.54. The second kappa shape index (κ2) is 6.67. The van der Waals surface area contributed by atoms with Crippen LogP contribution in [0.25, 0.3) is 0 Å². The quantitative estimate of drug-likeness (QED) is 0.798. The summed E-state index contributed by atoms with van der Waals surface area (Å²) in [4.78, 5) is 24.0. The summed E-state index contributed by atoms with van der Waals surface area (Å²) < 4.78 is 0. The van der Waals surface area contributed by atoms with Crippen molar-refractivity contribution in [3.63, 3.8) is 0 Å². The number of para-hydroxylation sites is 1.